The second-order valence-electron chi connectivity index (χ2n) is 10.8. The van der Waals surface area contributed by atoms with Gasteiger partial charge in [0.05, 0.1) is 17.2 Å². The van der Waals surface area contributed by atoms with E-state index in [0.717, 1.165) is 46.0 Å². The zero-order valence-corrected chi connectivity index (χ0v) is 26.9. The number of hydrogen-bond donors (Lipinski definition) is 1. The van der Waals surface area contributed by atoms with E-state index in [1.165, 1.54) is 16.7 Å². The predicted molar refractivity (Wildman–Crippen MR) is 172 cm³/mol. The molecule has 1 atom stereocenters. The molecule has 1 N–H and O–H groups in total. The summed E-state index contributed by atoms with van der Waals surface area (Å²) in [7, 11) is -4.14. The highest BCUT2D eigenvalue weighted by Crippen LogP contribution is 2.28. The van der Waals surface area contributed by atoms with E-state index in [1.807, 2.05) is 44.4 Å². The minimum atomic E-state index is -4.14. The minimum Gasteiger partial charge on any atom is -0.494 e. The Bertz CT molecular complexity index is 1470. The van der Waals surface area contributed by atoms with Crippen LogP contribution in [0.25, 0.3) is 0 Å². The van der Waals surface area contributed by atoms with Crippen molar-refractivity contribution in [2.75, 3.05) is 23.7 Å². The molecule has 2 amide bonds. The smallest absolute Gasteiger partial charge is 0.264 e. The Balaban J connectivity index is 1.68. The summed E-state index contributed by atoms with van der Waals surface area (Å²) in [5.74, 6) is -0.124. The monoisotopic (exact) mass is 623 g/mol. The van der Waals surface area contributed by atoms with Crippen LogP contribution >= 0.6 is 11.8 Å². The van der Waals surface area contributed by atoms with Crippen LogP contribution < -0.4 is 14.4 Å². The van der Waals surface area contributed by atoms with E-state index in [4.69, 9.17) is 4.74 Å². The number of thioether (sulfide) groups is 1. The van der Waals surface area contributed by atoms with Gasteiger partial charge < -0.3 is 15.0 Å². The van der Waals surface area contributed by atoms with E-state index >= 15 is 0 Å². The third-order valence-corrected chi connectivity index (χ3v) is 10.2. The maximum absolute atomic E-state index is 14.1. The number of aryl methyl sites for hydroxylation is 1. The molecule has 230 valence electrons. The number of carbonyl (C=O) groups is 2. The van der Waals surface area contributed by atoms with E-state index in [0.29, 0.717) is 18.0 Å². The van der Waals surface area contributed by atoms with Gasteiger partial charge in [0.15, 0.2) is 0 Å². The summed E-state index contributed by atoms with van der Waals surface area (Å²) in [4.78, 5) is 30.0. The molecule has 4 rings (SSSR count). The van der Waals surface area contributed by atoms with Crippen molar-refractivity contribution in [2.24, 2.45) is 0 Å². The number of carbonyl (C=O) groups excluding carboxylic acids is 2. The first-order chi connectivity index (χ1) is 20.6. The van der Waals surface area contributed by atoms with Gasteiger partial charge in [-0.15, -0.1) is 11.8 Å². The molecule has 0 heterocycles. The topological polar surface area (TPSA) is 96.0 Å². The van der Waals surface area contributed by atoms with Gasteiger partial charge in [0.2, 0.25) is 11.8 Å². The molecule has 1 fully saturated rings. The number of hydrogen-bond acceptors (Lipinski definition) is 6. The molecular formula is C33H41N3O5S2. The van der Waals surface area contributed by atoms with Crippen LogP contribution in [-0.4, -0.2) is 56.6 Å². The maximum Gasteiger partial charge on any atom is 0.264 e. The first-order valence-corrected chi connectivity index (χ1v) is 17.3. The van der Waals surface area contributed by atoms with Crippen LogP contribution in [0.5, 0.6) is 5.75 Å². The van der Waals surface area contributed by atoms with Crippen LogP contribution in [0.2, 0.25) is 0 Å². The van der Waals surface area contributed by atoms with E-state index in [9.17, 15) is 18.0 Å². The number of amides is 2. The molecular weight excluding hydrogens is 583 g/mol. The second kappa shape index (κ2) is 14.8. The number of nitrogens with one attached hydrogen (secondary N) is 1. The molecule has 0 aliphatic heterocycles. The van der Waals surface area contributed by atoms with E-state index in [1.54, 1.807) is 55.5 Å². The Morgan fingerprint density at radius 1 is 0.977 bits per heavy atom. The molecule has 0 bridgehead atoms. The van der Waals surface area contributed by atoms with Crippen LogP contribution in [0.15, 0.2) is 82.6 Å². The fraction of sp³-hybridized carbons (Fsp3) is 0.394. The molecule has 0 radical (unpaired) electrons. The second-order valence-corrected chi connectivity index (χ2v) is 13.5. The van der Waals surface area contributed by atoms with Gasteiger partial charge in [0, 0.05) is 17.5 Å². The first kappa shape index (κ1) is 32.4. The summed E-state index contributed by atoms with van der Waals surface area (Å²) in [5.41, 5.74) is 2.25. The van der Waals surface area contributed by atoms with Crippen LogP contribution in [0, 0.1) is 6.92 Å². The molecule has 3 aromatic rings. The number of nitrogens with zero attached hydrogens (tertiary/aromatic N) is 2. The Hall–Kier alpha value is -3.50. The van der Waals surface area contributed by atoms with Crippen molar-refractivity contribution < 1.29 is 22.7 Å². The lowest BCUT2D eigenvalue weighted by Crippen LogP contribution is -2.52. The number of ether oxygens (including phenoxy) is 1. The molecule has 1 aliphatic rings. The number of anilines is 1. The molecule has 0 spiro atoms. The van der Waals surface area contributed by atoms with E-state index in [-0.39, 0.29) is 23.4 Å². The molecule has 10 heteroatoms. The molecule has 8 nitrogen and oxygen atoms in total. The van der Waals surface area contributed by atoms with Crippen molar-refractivity contribution in [3.8, 4) is 5.75 Å². The lowest BCUT2D eigenvalue weighted by molar-refractivity contribution is -0.139. The van der Waals surface area contributed by atoms with Crippen molar-refractivity contribution in [2.45, 2.75) is 74.9 Å². The summed E-state index contributed by atoms with van der Waals surface area (Å²) in [6, 6.07) is 20.3. The summed E-state index contributed by atoms with van der Waals surface area (Å²) in [6.07, 6.45) is 5.89. The highest BCUT2D eigenvalue weighted by atomic mass is 32.2. The molecule has 0 aromatic heterocycles. The van der Waals surface area contributed by atoms with Gasteiger partial charge in [-0.1, -0.05) is 42.7 Å². The number of rotatable bonds is 13. The number of benzene rings is 3. The molecule has 0 unspecified atom stereocenters. The Labute approximate surface area is 259 Å². The van der Waals surface area contributed by atoms with Crippen LogP contribution in [0.4, 0.5) is 5.69 Å². The van der Waals surface area contributed by atoms with Crippen molar-refractivity contribution in [1.82, 2.24) is 10.2 Å². The standard InChI is InChI=1S/C33H41N3O5S2/c1-5-41-29-16-14-28(15-17-29)36(43(39,40)31-20-18-30(42-4)19-21-31)23-32(37)35(22-26-12-10-24(2)11-13-26)25(3)33(38)34-27-8-6-7-9-27/h10-21,25,27H,5-9,22-23H2,1-4H3,(H,34,38)/t25-/m0/s1. The Morgan fingerprint density at radius 2 is 1.60 bits per heavy atom. The minimum absolute atomic E-state index is 0.0732. The lowest BCUT2D eigenvalue weighted by Gasteiger charge is -2.32. The third kappa shape index (κ3) is 8.32. The maximum atomic E-state index is 14.1. The highest BCUT2D eigenvalue weighted by Gasteiger charge is 2.33. The average Bonchev–Trinajstić information content (AvgIpc) is 3.53. The van der Waals surface area contributed by atoms with Gasteiger partial charge in [-0.05, 0) is 94.0 Å². The first-order valence-electron chi connectivity index (χ1n) is 14.7. The van der Waals surface area contributed by atoms with Crippen molar-refractivity contribution in [3.63, 3.8) is 0 Å². The van der Waals surface area contributed by atoms with Gasteiger partial charge in [-0.2, -0.15) is 0 Å². The molecule has 43 heavy (non-hydrogen) atoms. The quantitative estimate of drug-likeness (QED) is 0.242. The van der Waals surface area contributed by atoms with Gasteiger partial charge in [-0.25, -0.2) is 8.42 Å². The largest absolute Gasteiger partial charge is 0.494 e. The van der Waals surface area contributed by atoms with Gasteiger partial charge in [0.1, 0.15) is 18.3 Å². The van der Waals surface area contributed by atoms with Gasteiger partial charge in [0.25, 0.3) is 10.0 Å². The normalized spacial score (nSPS) is 14.2. The van der Waals surface area contributed by atoms with Crippen LogP contribution in [0.1, 0.15) is 50.7 Å². The number of sulfonamides is 1. The summed E-state index contributed by atoms with van der Waals surface area (Å²) in [6.45, 7) is 5.71. The Kier molecular flexibility index (Phi) is 11.2. The van der Waals surface area contributed by atoms with Gasteiger partial charge in [-0.3, -0.25) is 13.9 Å². The highest BCUT2D eigenvalue weighted by molar-refractivity contribution is 7.98. The fourth-order valence-electron chi connectivity index (χ4n) is 5.14. The zero-order valence-electron chi connectivity index (χ0n) is 25.3. The van der Waals surface area contributed by atoms with Gasteiger partial charge >= 0.3 is 0 Å². The van der Waals surface area contributed by atoms with Crippen LogP contribution in [-0.2, 0) is 26.2 Å². The zero-order chi connectivity index (χ0) is 31.0. The molecule has 1 aliphatic carbocycles. The van der Waals surface area contributed by atoms with E-state index < -0.39 is 28.5 Å². The average molecular weight is 624 g/mol. The Morgan fingerprint density at radius 3 is 2.19 bits per heavy atom. The summed E-state index contributed by atoms with van der Waals surface area (Å²) < 4.78 is 34.8. The van der Waals surface area contributed by atoms with Crippen molar-refractivity contribution >= 4 is 39.3 Å². The predicted octanol–water partition coefficient (Wildman–Crippen LogP) is 5.79. The van der Waals surface area contributed by atoms with Crippen molar-refractivity contribution in [3.05, 3.63) is 83.9 Å². The summed E-state index contributed by atoms with van der Waals surface area (Å²) in [5, 5.41) is 3.10. The summed E-state index contributed by atoms with van der Waals surface area (Å²) >= 11 is 1.51. The molecule has 3 aromatic carbocycles. The molecule has 0 saturated heterocycles. The SMILES string of the molecule is CCOc1ccc(N(CC(=O)N(Cc2ccc(C)cc2)[C@@H](C)C(=O)NC2CCCC2)S(=O)(=O)c2ccc(SC)cc2)cc1. The molecule has 1 saturated carbocycles. The van der Waals surface area contributed by atoms with Crippen LogP contribution in [0.3, 0.4) is 0 Å². The van der Waals surface area contributed by atoms with Crippen molar-refractivity contribution in [1.29, 1.82) is 0 Å². The third-order valence-electron chi connectivity index (χ3n) is 7.70. The lowest BCUT2D eigenvalue weighted by atomic mass is 10.1. The van der Waals surface area contributed by atoms with E-state index in [2.05, 4.69) is 5.32 Å². The fourth-order valence-corrected chi connectivity index (χ4v) is 6.97.